The second kappa shape index (κ2) is 7.94. The zero-order valence-corrected chi connectivity index (χ0v) is 15.1. The molecule has 1 heterocycles. The lowest BCUT2D eigenvalue weighted by molar-refractivity contribution is -0.136. The van der Waals surface area contributed by atoms with Crippen LogP contribution in [0.5, 0.6) is 0 Å². The Morgan fingerprint density at radius 1 is 1.55 bits per heavy atom. The summed E-state index contributed by atoms with van der Waals surface area (Å²) in [5, 5.41) is 0. The van der Waals surface area contributed by atoms with Gasteiger partial charge in [-0.15, -0.1) is 12.4 Å². The molecule has 2 amide bonds. The number of nitrogens with zero attached hydrogens (tertiary/aromatic N) is 2. The quantitative estimate of drug-likeness (QED) is 0.855. The van der Waals surface area contributed by atoms with Gasteiger partial charge in [-0.25, -0.2) is 0 Å². The summed E-state index contributed by atoms with van der Waals surface area (Å²) < 4.78 is 0.913. The molecule has 0 spiro atoms. The van der Waals surface area contributed by atoms with Crippen LogP contribution in [-0.2, 0) is 9.59 Å². The van der Waals surface area contributed by atoms with E-state index < -0.39 is 0 Å². The van der Waals surface area contributed by atoms with Crippen molar-refractivity contribution >= 4 is 45.8 Å². The van der Waals surface area contributed by atoms with E-state index in [1.165, 1.54) is 0 Å². The zero-order chi connectivity index (χ0) is 15.6. The van der Waals surface area contributed by atoms with Crippen molar-refractivity contribution < 1.29 is 9.59 Å². The lowest BCUT2D eigenvalue weighted by atomic mass is 10.1. The molecule has 122 valence electrons. The van der Waals surface area contributed by atoms with Crippen molar-refractivity contribution in [2.75, 3.05) is 25.0 Å². The van der Waals surface area contributed by atoms with Gasteiger partial charge in [-0.2, -0.15) is 0 Å². The van der Waals surface area contributed by atoms with Gasteiger partial charge in [0.1, 0.15) is 0 Å². The fraction of sp³-hybridized carbons (Fsp3) is 0.467. The molecule has 1 saturated heterocycles. The molecule has 2 atom stereocenters. The number of hydrogen-bond donors (Lipinski definition) is 1. The van der Waals surface area contributed by atoms with E-state index in [2.05, 4.69) is 15.9 Å². The molecule has 0 bridgehead atoms. The maximum Gasteiger partial charge on any atom is 0.228 e. The summed E-state index contributed by atoms with van der Waals surface area (Å²) in [4.78, 5) is 27.9. The van der Waals surface area contributed by atoms with E-state index in [0.29, 0.717) is 13.1 Å². The molecule has 1 aromatic rings. The number of anilines is 1. The molecule has 7 heteroatoms. The highest BCUT2D eigenvalue weighted by Gasteiger charge is 2.37. The zero-order valence-electron chi connectivity index (χ0n) is 12.7. The van der Waals surface area contributed by atoms with E-state index in [9.17, 15) is 9.59 Å². The highest BCUT2D eigenvalue weighted by atomic mass is 79.9. The summed E-state index contributed by atoms with van der Waals surface area (Å²) in [5.74, 6) is -0.325. The summed E-state index contributed by atoms with van der Waals surface area (Å²) >= 11 is 3.40. The van der Waals surface area contributed by atoms with Gasteiger partial charge in [0.2, 0.25) is 11.8 Å². The van der Waals surface area contributed by atoms with Crippen LogP contribution in [0.3, 0.4) is 0 Å². The van der Waals surface area contributed by atoms with Gasteiger partial charge in [-0.3, -0.25) is 9.59 Å². The first kappa shape index (κ1) is 18.9. The van der Waals surface area contributed by atoms with Crippen molar-refractivity contribution in [2.24, 2.45) is 11.7 Å². The smallest absolute Gasteiger partial charge is 0.228 e. The van der Waals surface area contributed by atoms with Gasteiger partial charge in [0.25, 0.3) is 0 Å². The minimum atomic E-state index is -0.296. The van der Waals surface area contributed by atoms with Crippen LogP contribution in [0.15, 0.2) is 28.7 Å². The Labute approximate surface area is 145 Å². The molecule has 5 nitrogen and oxygen atoms in total. The highest BCUT2D eigenvalue weighted by molar-refractivity contribution is 9.10. The van der Waals surface area contributed by atoms with E-state index in [1.807, 2.05) is 31.2 Å². The summed E-state index contributed by atoms with van der Waals surface area (Å²) in [6.45, 7) is 2.74. The molecule has 0 radical (unpaired) electrons. The Morgan fingerprint density at radius 3 is 2.82 bits per heavy atom. The van der Waals surface area contributed by atoms with Crippen LogP contribution >= 0.6 is 28.3 Å². The molecule has 22 heavy (non-hydrogen) atoms. The number of likely N-dealkylation sites (N-methyl/N-ethyl adjacent to an activating group) is 1. The van der Waals surface area contributed by atoms with Crippen LogP contribution in [0.1, 0.15) is 13.3 Å². The third-order valence-electron chi connectivity index (χ3n) is 3.94. The molecule has 1 aromatic carbocycles. The Balaban J connectivity index is 0.00000242. The maximum atomic E-state index is 12.4. The third kappa shape index (κ3) is 4.00. The van der Waals surface area contributed by atoms with Gasteiger partial charge in [0.15, 0.2) is 0 Å². The van der Waals surface area contributed by atoms with Crippen molar-refractivity contribution in [1.82, 2.24) is 4.90 Å². The number of benzene rings is 1. The summed E-state index contributed by atoms with van der Waals surface area (Å²) in [6.07, 6.45) is 0.257. The molecule has 2 unspecified atom stereocenters. The lowest BCUT2D eigenvalue weighted by Crippen LogP contribution is -2.43. The van der Waals surface area contributed by atoms with Crippen LogP contribution in [0.25, 0.3) is 0 Å². The summed E-state index contributed by atoms with van der Waals surface area (Å²) in [6, 6.07) is 7.53. The number of rotatable bonds is 4. The molecule has 2 N–H and O–H groups in total. The molecular weight excluding hydrogens is 370 g/mol. The second-order valence-corrected chi connectivity index (χ2v) is 6.33. The van der Waals surface area contributed by atoms with Gasteiger partial charge in [-0.05, 0) is 25.1 Å². The number of carbonyl (C=O) groups is 2. The normalized spacial score (nSPS) is 18.8. The van der Waals surface area contributed by atoms with Crippen LogP contribution in [0, 0.1) is 5.92 Å². The van der Waals surface area contributed by atoms with Crippen LogP contribution in [0.2, 0.25) is 0 Å². The number of amides is 2. The molecule has 2 rings (SSSR count). The molecule has 0 aromatic heterocycles. The molecule has 0 aliphatic carbocycles. The largest absolute Gasteiger partial charge is 0.341 e. The van der Waals surface area contributed by atoms with Crippen LogP contribution < -0.4 is 10.6 Å². The average molecular weight is 391 g/mol. The van der Waals surface area contributed by atoms with Crippen molar-refractivity contribution in [3.63, 3.8) is 0 Å². The fourth-order valence-electron chi connectivity index (χ4n) is 2.43. The monoisotopic (exact) mass is 389 g/mol. The molecule has 1 fully saturated rings. The van der Waals surface area contributed by atoms with Gasteiger partial charge < -0.3 is 15.5 Å². The SMILES string of the molecule is CC(CN)N(C)C(=O)C1CC(=O)N(c2cccc(Br)c2)C1.Cl. The van der Waals surface area contributed by atoms with E-state index >= 15 is 0 Å². The Morgan fingerprint density at radius 2 is 2.23 bits per heavy atom. The van der Waals surface area contributed by atoms with E-state index in [4.69, 9.17) is 5.73 Å². The topological polar surface area (TPSA) is 66.6 Å². The Hall–Kier alpha value is -1.11. The van der Waals surface area contributed by atoms with Gasteiger partial charge in [0, 0.05) is 42.8 Å². The Kier molecular flexibility index (Phi) is 6.84. The van der Waals surface area contributed by atoms with E-state index in [0.717, 1.165) is 10.2 Å². The first-order valence-electron chi connectivity index (χ1n) is 6.96. The van der Waals surface area contributed by atoms with Gasteiger partial charge >= 0.3 is 0 Å². The lowest BCUT2D eigenvalue weighted by Gasteiger charge is -2.26. The minimum Gasteiger partial charge on any atom is -0.341 e. The second-order valence-electron chi connectivity index (χ2n) is 5.42. The van der Waals surface area contributed by atoms with Crippen molar-refractivity contribution in [2.45, 2.75) is 19.4 Å². The van der Waals surface area contributed by atoms with E-state index in [-0.39, 0.29) is 42.6 Å². The molecule has 1 aliphatic heterocycles. The van der Waals surface area contributed by atoms with Crippen molar-refractivity contribution in [3.8, 4) is 0 Å². The Bertz CT molecular complexity index is 555. The van der Waals surface area contributed by atoms with Crippen molar-refractivity contribution in [1.29, 1.82) is 0 Å². The number of hydrogen-bond acceptors (Lipinski definition) is 3. The predicted molar refractivity (Wildman–Crippen MR) is 93.1 cm³/mol. The van der Waals surface area contributed by atoms with Crippen molar-refractivity contribution in [3.05, 3.63) is 28.7 Å². The van der Waals surface area contributed by atoms with Crippen LogP contribution in [-0.4, -0.2) is 42.9 Å². The standard InChI is InChI=1S/C15H20BrN3O2.ClH/c1-10(8-17)18(2)15(21)11-6-14(20)19(9-11)13-5-3-4-12(16)7-13;/h3-5,7,10-11H,6,8-9,17H2,1-2H3;1H. The molecular formula is C15H21BrClN3O2. The number of carbonyl (C=O) groups excluding carboxylic acids is 2. The average Bonchev–Trinajstić information content (AvgIpc) is 2.86. The third-order valence-corrected chi connectivity index (χ3v) is 4.44. The van der Waals surface area contributed by atoms with Gasteiger partial charge in [0.05, 0.1) is 5.92 Å². The maximum absolute atomic E-state index is 12.4. The first-order valence-corrected chi connectivity index (χ1v) is 7.76. The minimum absolute atomic E-state index is 0. The molecule has 1 aliphatic rings. The number of nitrogens with two attached hydrogens (primary N) is 1. The van der Waals surface area contributed by atoms with E-state index in [1.54, 1.807) is 16.8 Å². The summed E-state index contributed by atoms with van der Waals surface area (Å²) in [5.41, 5.74) is 6.41. The van der Waals surface area contributed by atoms with Crippen LogP contribution in [0.4, 0.5) is 5.69 Å². The number of halogens is 2. The highest BCUT2D eigenvalue weighted by Crippen LogP contribution is 2.28. The first-order chi connectivity index (χ1) is 9.93. The fourth-order valence-corrected chi connectivity index (χ4v) is 2.82. The molecule has 0 saturated carbocycles. The summed E-state index contributed by atoms with van der Waals surface area (Å²) in [7, 11) is 1.74. The predicted octanol–water partition coefficient (Wildman–Crippen LogP) is 2.03. The van der Waals surface area contributed by atoms with Gasteiger partial charge in [-0.1, -0.05) is 22.0 Å².